The Morgan fingerprint density at radius 3 is 2.47 bits per heavy atom. The molecule has 1 aromatic heterocycles. The molecule has 0 atom stereocenters. The van der Waals surface area contributed by atoms with Crippen molar-refractivity contribution in [1.82, 2.24) is 4.98 Å². The van der Waals surface area contributed by atoms with Crippen molar-refractivity contribution in [2.24, 2.45) is 0 Å². The van der Waals surface area contributed by atoms with Crippen LogP contribution in [0, 0.1) is 0 Å². The van der Waals surface area contributed by atoms with Gasteiger partial charge < -0.3 is 5.11 Å². The molecular formula is C23H15ClN2O3S3. The summed E-state index contributed by atoms with van der Waals surface area (Å²) in [7, 11) is -3.89. The summed E-state index contributed by atoms with van der Waals surface area (Å²) in [6.07, 6.45) is 0. The topological polar surface area (TPSA) is 79.3 Å². The van der Waals surface area contributed by atoms with Crippen LogP contribution >= 0.6 is 34.7 Å². The summed E-state index contributed by atoms with van der Waals surface area (Å²) in [5, 5.41) is 12.4. The van der Waals surface area contributed by atoms with Gasteiger partial charge in [-0.05, 0) is 36.4 Å². The first-order valence-corrected chi connectivity index (χ1v) is 13.0. The summed E-state index contributed by atoms with van der Waals surface area (Å²) in [5.41, 5.74) is 1.24. The minimum absolute atomic E-state index is 0.0579. The van der Waals surface area contributed by atoms with E-state index in [1.807, 2.05) is 24.3 Å². The maximum Gasteiger partial charge on any atom is 0.261 e. The van der Waals surface area contributed by atoms with E-state index in [9.17, 15) is 13.5 Å². The molecule has 1 heterocycles. The van der Waals surface area contributed by atoms with Gasteiger partial charge in [-0.25, -0.2) is 13.4 Å². The zero-order valence-electron chi connectivity index (χ0n) is 16.3. The van der Waals surface area contributed by atoms with Gasteiger partial charge in [-0.3, -0.25) is 4.72 Å². The van der Waals surface area contributed by atoms with Crippen LogP contribution in [-0.2, 0) is 10.0 Å². The highest BCUT2D eigenvalue weighted by atomic mass is 35.5. The molecular weight excluding hydrogens is 484 g/mol. The lowest BCUT2D eigenvalue weighted by Gasteiger charge is -2.14. The van der Waals surface area contributed by atoms with Gasteiger partial charge in [-0.2, -0.15) is 0 Å². The molecule has 0 spiro atoms. The van der Waals surface area contributed by atoms with Crippen LogP contribution in [0.1, 0.15) is 0 Å². The molecule has 0 aliphatic carbocycles. The highest BCUT2D eigenvalue weighted by Crippen LogP contribution is 2.44. The van der Waals surface area contributed by atoms with Crippen molar-refractivity contribution in [1.29, 1.82) is 0 Å². The first-order valence-electron chi connectivity index (χ1n) is 9.47. The first-order chi connectivity index (χ1) is 15.4. The number of halogens is 1. The lowest BCUT2D eigenvalue weighted by molar-refractivity contribution is 0.469. The fourth-order valence-electron chi connectivity index (χ4n) is 3.32. The van der Waals surface area contributed by atoms with E-state index < -0.39 is 10.0 Å². The predicted molar refractivity (Wildman–Crippen MR) is 132 cm³/mol. The molecule has 0 bridgehead atoms. The van der Waals surface area contributed by atoms with Gasteiger partial charge in [0.15, 0.2) is 4.34 Å². The molecule has 0 saturated heterocycles. The Morgan fingerprint density at radius 1 is 0.938 bits per heavy atom. The van der Waals surface area contributed by atoms with Gasteiger partial charge >= 0.3 is 0 Å². The van der Waals surface area contributed by atoms with E-state index in [2.05, 4.69) is 9.71 Å². The number of hydrogen-bond acceptors (Lipinski definition) is 6. The van der Waals surface area contributed by atoms with Crippen LogP contribution in [0.2, 0.25) is 5.02 Å². The molecule has 0 aliphatic rings. The van der Waals surface area contributed by atoms with Gasteiger partial charge in [-0.15, -0.1) is 11.3 Å². The van der Waals surface area contributed by atoms with Gasteiger partial charge in [-0.1, -0.05) is 65.8 Å². The molecule has 160 valence electrons. The second-order valence-corrected chi connectivity index (χ2v) is 11.4. The highest BCUT2D eigenvalue weighted by Gasteiger charge is 2.20. The third-order valence-electron chi connectivity index (χ3n) is 4.80. The van der Waals surface area contributed by atoms with Gasteiger partial charge in [0.1, 0.15) is 5.75 Å². The van der Waals surface area contributed by atoms with Crippen molar-refractivity contribution in [2.45, 2.75) is 14.1 Å². The van der Waals surface area contributed by atoms with E-state index in [4.69, 9.17) is 11.6 Å². The number of nitrogens with one attached hydrogen (secondary N) is 1. The van der Waals surface area contributed by atoms with E-state index in [0.29, 0.717) is 26.4 Å². The second-order valence-electron chi connectivity index (χ2n) is 6.93. The third kappa shape index (κ3) is 4.02. The Labute approximate surface area is 197 Å². The van der Waals surface area contributed by atoms with Crippen LogP contribution < -0.4 is 4.72 Å². The third-order valence-corrected chi connectivity index (χ3v) is 8.53. The zero-order chi connectivity index (χ0) is 22.3. The normalized spacial score (nSPS) is 11.8. The smallest absolute Gasteiger partial charge is 0.261 e. The van der Waals surface area contributed by atoms with Crippen LogP contribution in [0.15, 0.2) is 93.0 Å². The number of aromatic hydroxyl groups is 1. The average molecular weight is 499 g/mol. The minimum Gasteiger partial charge on any atom is -0.506 e. The quantitative estimate of drug-likeness (QED) is 0.262. The Balaban J connectivity index is 1.60. The summed E-state index contributed by atoms with van der Waals surface area (Å²) < 4.78 is 30.5. The number of rotatable bonds is 5. The molecule has 4 aromatic carbocycles. The molecule has 0 saturated carbocycles. The number of nitrogens with zero attached hydrogens (tertiary/aromatic N) is 1. The van der Waals surface area contributed by atoms with Crippen LogP contribution in [0.25, 0.3) is 21.0 Å². The highest BCUT2D eigenvalue weighted by molar-refractivity contribution is 8.01. The minimum atomic E-state index is -3.89. The zero-order valence-corrected chi connectivity index (χ0v) is 19.5. The van der Waals surface area contributed by atoms with Crippen molar-refractivity contribution in [3.05, 3.63) is 83.9 Å². The Bertz CT molecular complexity index is 1550. The average Bonchev–Trinajstić information content (AvgIpc) is 3.19. The summed E-state index contributed by atoms with van der Waals surface area (Å²) in [5.74, 6) is 0.0792. The van der Waals surface area contributed by atoms with Gasteiger partial charge in [0.2, 0.25) is 0 Å². The molecule has 9 heteroatoms. The molecule has 5 rings (SSSR count). The van der Waals surface area contributed by atoms with Crippen LogP contribution in [0.4, 0.5) is 5.69 Å². The summed E-state index contributed by atoms with van der Waals surface area (Å²) in [4.78, 5) is 5.17. The lowest BCUT2D eigenvalue weighted by atomic mass is 10.1. The van der Waals surface area contributed by atoms with Crippen molar-refractivity contribution >= 4 is 71.4 Å². The monoisotopic (exact) mass is 498 g/mol. The maximum absolute atomic E-state index is 13.0. The van der Waals surface area contributed by atoms with Crippen molar-refractivity contribution in [2.75, 3.05) is 4.72 Å². The second kappa shape index (κ2) is 8.29. The largest absolute Gasteiger partial charge is 0.506 e. The number of thiazole rings is 1. The number of phenolic OH excluding ortho intramolecular Hbond substituents is 1. The number of anilines is 1. The Morgan fingerprint density at radius 2 is 1.69 bits per heavy atom. The van der Waals surface area contributed by atoms with E-state index >= 15 is 0 Å². The number of phenols is 1. The Kier molecular flexibility index (Phi) is 5.46. The number of para-hydroxylation sites is 1. The molecule has 0 amide bonds. The molecule has 5 aromatic rings. The summed E-state index contributed by atoms with van der Waals surface area (Å²) in [6.45, 7) is 0. The van der Waals surface area contributed by atoms with Gasteiger partial charge in [0, 0.05) is 15.8 Å². The fraction of sp³-hybridized carbons (Fsp3) is 0. The van der Waals surface area contributed by atoms with E-state index in [1.165, 1.54) is 35.2 Å². The molecule has 0 unspecified atom stereocenters. The molecule has 0 aliphatic heterocycles. The van der Waals surface area contributed by atoms with Gasteiger partial charge in [0.25, 0.3) is 10.0 Å². The lowest BCUT2D eigenvalue weighted by Crippen LogP contribution is -2.13. The first kappa shape index (κ1) is 21.1. The van der Waals surface area contributed by atoms with Gasteiger partial charge in [0.05, 0.1) is 25.7 Å². The van der Waals surface area contributed by atoms with Crippen LogP contribution in [0.3, 0.4) is 0 Å². The summed E-state index contributed by atoms with van der Waals surface area (Å²) in [6, 6.07) is 22.6. The molecule has 32 heavy (non-hydrogen) atoms. The molecule has 5 nitrogen and oxygen atoms in total. The number of aromatic nitrogens is 1. The standard InChI is InChI=1S/C23H15ClN2O3S3/c24-14-6-5-7-15(12-14)32(28,29)26-19-13-21(22(27)17-9-2-1-8-16(17)19)31-23-25-18-10-3-4-11-20(18)30-23/h1-13,26-27H. The van der Waals surface area contributed by atoms with E-state index in [1.54, 1.807) is 42.5 Å². The molecule has 0 radical (unpaired) electrons. The van der Waals surface area contributed by atoms with Crippen molar-refractivity contribution < 1.29 is 13.5 Å². The number of benzene rings is 4. The van der Waals surface area contributed by atoms with Crippen molar-refractivity contribution in [3.8, 4) is 5.75 Å². The van der Waals surface area contributed by atoms with E-state index in [-0.39, 0.29) is 10.6 Å². The van der Waals surface area contributed by atoms with Crippen LogP contribution in [0.5, 0.6) is 5.75 Å². The van der Waals surface area contributed by atoms with E-state index in [0.717, 1.165) is 14.6 Å². The fourth-order valence-corrected chi connectivity index (χ4v) is 6.81. The predicted octanol–water partition coefficient (Wildman–Crippen LogP) is 6.76. The number of hydrogen-bond donors (Lipinski definition) is 2. The summed E-state index contributed by atoms with van der Waals surface area (Å²) >= 11 is 8.79. The molecule has 0 fully saturated rings. The Hall–Kier alpha value is -2.78. The maximum atomic E-state index is 13.0. The van der Waals surface area contributed by atoms with Crippen molar-refractivity contribution in [3.63, 3.8) is 0 Å². The number of fused-ring (bicyclic) bond motifs is 2. The number of sulfonamides is 1. The molecule has 2 N–H and O–H groups in total. The SMILES string of the molecule is O=S(=O)(Nc1cc(Sc2nc3ccccc3s2)c(O)c2ccccc12)c1cccc(Cl)c1. The van der Waals surface area contributed by atoms with Crippen LogP contribution in [-0.4, -0.2) is 18.5 Å².